The summed E-state index contributed by atoms with van der Waals surface area (Å²) in [5.74, 6) is -1.23. The second kappa shape index (κ2) is 8.38. The number of urea groups is 1. The molecule has 0 aliphatic carbocycles. The number of esters is 2. The van der Waals surface area contributed by atoms with E-state index in [1.807, 2.05) is 38.1 Å². The average Bonchev–Trinajstić information content (AvgIpc) is 3.11. The predicted octanol–water partition coefficient (Wildman–Crippen LogP) is 2.71. The van der Waals surface area contributed by atoms with Gasteiger partial charge in [0.1, 0.15) is 6.04 Å². The SMILES string of the molecule is CCOC(=O)[C@@]1(C)c2[nH]c3ccccc3c2CCN1C(=O)N[C@H](C(=O)OC)C(C)C. The molecule has 0 spiro atoms. The van der Waals surface area contributed by atoms with Gasteiger partial charge in [0.05, 0.1) is 19.4 Å². The van der Waals surface area contributed by atoms with E-state index in [1.165, 1.54) is 12.0 Å². The maximum atomic E-state index is 13.3. The zero-order valence-electron chi connectivity index (χ0n) is 18.1. The first-order valence-electron chi connectivity index (χ1n) is 10.2. The number of amides is 2. The number of ether oxygens (including phenoxy) is 2. The van der Waals surface area contributed by atoms with E-state index in [4.69, 9.17) is 9.47 Å². The molecule has 0 bridgehead atoms. The van der Waals surface area contributed by atoms with Gasteiger partial charge in [-0.15, -0.1) is 0 Å². The van der Waals surface area contributed by atoms with E-state index < -0.39 is 29.6 Å². The molecule has 0 fully saturated rings. The van der Waals surface area contributed by atoms with Gasteiger partial charge in [-0.2, -0.15) is 0 Å². The summed E-state index contributed by atoms with van der Waals surface area (Å²) >= 11 is 0. The quantitative estimate of drug-likeness (QED) is 0.732. The Labute approximate surface area is 175 Å². The van der Waals surface area contributed by atoms with Crippen LogP contribution < -0.4 is 5.32 Å². The number of hydrogen-bond acceptors (Lipinski definition) is 5. The Morgan fingerprint density at radius 1 is 1.27 bits per heavy atom. The maximum absolute atomic E-state index is 13.3. The summed E-state index contributed by atoms with van der Waals surface area (Å²) in [6.07, 6.45) is 0.576. The zero-order chi connectivity index (χ0) is 22.1. The Kier molecular flexibility index (Phi) is 6.05. The molecule has 2 heterocycles. The molecule has 2 atom stereocenters. The van der Waals surface area contributed by atoms with Crippen LogP contribution in [0.4, 0.5) is 4.79 Å². The monoisotopic (exact) mass is 415 g/mol. The summed E-state index contributed by atoms with van der Waals surface area (Å²) in [6, 6.07) is 6.46. The third kappa shape index (κ3) is 3.51. The van der Waals surface area contributed by atoms with Crippen LogP contribution in [0.2, 0.25) is 0 Å². The zero-order valence-corrected chi connectivity index (χ0v) is 18.1. The Balaban J connectivity index is 2.04. The van der Waals surface area contributed by atoms with Crippen LogP contribution in [0.15, 0.2) is 24.3 Å². The number of benzene rings is 1. The molecular weight excluding hydrogens is 386 g/mol. The lowest BCUT2D eigenvalue weighted by Gasteiger charge is -2.42. The first-order chi connectivity index (χ1) is 14.2. The van der Waals surface area contributed by atoms with Crippen LogP contribution in [-0.4, -0.2) is 54.2 Å². The van der Waals surface area contributed by atoms with Gasteiger partial charge < -0.3 is 24.7 Å². The molecule has 2 aromatic rings. The predicted molar refractivity (Wildman–Crippen MR) is 112 cm³/mol. The minimum atomic E-state index is -1.36. The van der Waals surface area contributed by atoms with Gasteiger partial charge in [0.15, 0.2) is 5.54 Å². The van der Waals surface area contributed by atoms with Crippen molar-refractivity contribution in [3.8, 4) is 0 Å². The molecule has 162 valence electrons. The molecule has 0 unspecified atom stereocenters. The number of nitrogens with one attached hydrogen (secondary N) is 2. The van der Waals surface area contributed by atoms with Gasteiger partial charge in [-0.25, -0.2) is 14.4 Å². The number of fused-ring (bicyclic) bond motifs is 3. The first kappa shape index (κ1) is 21.7. The van der Waals surface area contributed by atoms with Gasteiger partial charge in [0.25, 0.3) is 0 Å². The number of aromatic nitrogens is 1. The average molecular weight is 415 g/mol. The largest absolute Gasteiger partial charge is 0.467 e. The van der Waals surface area contributed by atoms with E-state index in [0.717, 1.165) is 16.5 Å². The normalized spacial score (nSPS) is 19.3. The van der Waals surface area contributed by atoms with Crippen molar-refractivity contribution < 1.29 is 23.9 Å². The molecule has 8 nitrogen and oxygen atoms in total. The van der Waals surface area contributed by atoms with Crippen LogP contribution in [0.3, 0.4) is 0 Å². The molecule has 2 amide bonds. The summed E-state index contributed by atoms with van der Waals surface area (Å²) < 4.78 is 10.2. The van der Waals surface area contributed by atoms with Crippen molar-refractivity contribution in [3.05, 3.63) is 35.5 Å². The lowest BCUT2D eigenvalue weighted by atomic mass is 9.86. The van der Waals surface area contributed by atoms with Crippen LogP contribution in [0.5, 0.6) is 0 Å². The second-order valence-corrected chi connectivity index (χ2v) is 7.91. The van der Waals surface area contributed by atoms with Gasteiger partial charge in [-0.1, -0.05) is 32.0 Å². The van der Waals surface area contributed by atoms with E-state index in [2.05, 4.69) is 10.3 Å². The second-order valence-electron chi connectivity index (χ2n) is 7.91. The lowest BCUT2D eigenvalue weighted by molar-refractivity contribution is -0.156. The Morgan fingerprint density at radius 2 is 1.97 bits per heavy atom. The number of carbonyl (C=O) groups is 3. The highest BCUT2D eigenvalue weighted by Crippen LogP contribution is 2.39. The van der Waals surface area contributed by atoms with Crippen LogP contribution in [-0.2, 0) is 31.0 Å². The van der Waals surface area contributed by atoms with Gasteiger partial charge in [0.2, 0.25) is 0 Å². The third-order valence-electron chi connectivity index (χ3n) is 5.74. The number of rotatable bonds is 5. The smallest absolute Gasteiger partial charge is 0.338 e. The summed E-state index contributed by atoms with van der Waals surface area (Å²) in [7, 11) is 1.28. The minimum Gasteiger partial charge on any atom is -0.467 e. The van der Waals surface area contributed by atoms with E-state index in [1.54, 1.807) is 13.8 Å². The van der Waals surface area contributed by atoms with Crippen molar-refractivity contribution >= 4 is 28.9 Å². The van der Waals surface area contributed by atoms with Crippen LogP contribution >= 0.6 is 0 Å². The van der Waals surface area contributed by atoms with Gasteiger partial charge >= 0.3 is 18.0 Å². The van der Waals surface area contributed by atoms with Gasteiger partial charge in [-0.3, -0.25) is 0 Å². The fourth-order valence-corrected chi connectivity index (χ4v) is 4.08. The van der Waals surface area contributed by atoms with Gasteiger partial charge in [-0.05, 0) is 37.8 Å². The Bertz CT molecular complexity index is 967. The molecule has 1 aliphatic rings. The number of aromatic amines is 1. The molecule has 0 saturated carbocycles. The van der Waals surface area contributed by atoms with E-state index in [0.29, 0.717) is 18.7 Å². The summed E-state index contributed by atoms with van der Waals surface area (Å²) in [5.41, 5.74) is 1.18. The summed E-state index contributed by atoms with van der Waals surface area (Å²) in [5, 5.41) is 3.77. The van der Waals surface area contributed by atoms with Crippen molar-refractivity contribution in [3.63, 3.8) is 0 Å². The molecule has 1 aliphatic heterocycles. The molecule has 1 aromatic heterocycles. The highest BCUT2D eigenvalue weighted by atomic mass is 16.5. The number of H-pyrrole nitrogens is 1. The molecule has 1 aromatic carbocycles. The number of methoxy groups -OCH3 is 1. The van der Waals surface area contributed by atoms with Crippen LogP contribution in [0.1, 0.15) is 39.0 Å². The number of nitrogens with zero attached hydrogens (tertiary/aromatic N) is 1. The highest BCUT2D eigenvalue weighted by Gasteiger charge is 2.51. The minimum absolute atomic E-state index is 0.177. The molecule has 2 N–H and O–H groups in total. The number of carbonyl (C=O) groups excluding carboxylic acids is 3. The van der Waals surface area contributed by atoms with Crippen molar-refractivity contribution in [1.29, 1.82) is 0 Å². The maximum Gasteiger partial charge on any atom is 0.338 e. The molecule has 30 heavy (non-hydrogen) atoms. The number of hydrogen-bond donors (Lipinski definition) is 2. The van der Waals surface area contributed by atoms with Crippen molar-refractivity contribution in [2.45, 2.75) is 45.7 Å². The van der Waals surface area contributed by atoms with Gasteiger partial charge in [0, 0.05) is 17.4 Å². The van der Waals surface area contributed by atoms with Crippen LogP contribution in [0, 0.1) is 5.92 Å². The fraction of sp³-hybridized carbons (Fsp3) is 0.500. The Hall–Kier alpha value is -3.03. The molecule has 8 heteroatoms. The highest BCUT2D eigenvalue weighted by molar-refractivity contribution is 5.94. The lowest BCUT2D eigenvalue weighted by Crippen LogP contribution is -2.61. The van der Waals surface area contributed by atoms with E-state index in [9.17, 15) is 14.4 Å². The van der Waals surface area contributed by atoms with Crippen molar-refractivity contribution in [1.82, 2.24) is 15.2 Å². The number of para-hydroxylation sites is 1. The molecule has 0 saturated heterocycles. The molecule has 0 radical (unpaired) electrons. The summed E-state index contributed by atoms with van der Waals surface area (Å²) in [6.45, 7) is 7.54. The molecule has 3 rings (SSSR count). The van der Waals surface area contributed by atoms with Crippen LogP contribution in [0.25, 0.3) is 10.9 Å². The van der Waals surface area contributed by atoms with Crippen molar-refractivity contribution in [2.24, 2.45) is 5.92 Å². The summed E-state index contributed by atoms with van der Waals surface area (Å²) in [4.78, 5) is 43.3. The first-order valence-corrected chi connectivity index (χ1v) is 10.2. The standard InChI is InChI=1S/C22H29N3O5/c1-6-30-20(27)22(4)18-15(14-9-7-8-10-16(14)23-18)11-12-25(22)21(28)24-17(13(2)3)19(26)29-5/h7-10,13,17,23H,6,11-12H2,1-5H3,(H,24,28)/t17-,22+/m0/s1. The van der Waals surface area contributed by atoms with Crippen molar-refractivity contribution in [2.75, 3.05) is 20.3 Å². The van der Waals surface area contributed by atoms with E-state index in [-0.39, 0.29) is 12.5 Å². The third-order valence-corrected chi connectivity index (χ3v) is 5.74. The fourth-order valence-electron chi connectivity index (χ4n) is 4.08. The molecular formula is C22H29N3O5. The topological polar surface area (TPSA) is 101 Å². The van der Waals surface area contributed by atoms with E-state index >= 15 is 0 Å². The Morgan fingerprint density at radius 3 is 2.60 bits per heavy atom.